The summed E-state index contributed by atoms with van der Waals surface area (Å²) in [6.07, 6.45) is 4.60. The number of nitrogens with zero attached hydrogens (tertiary/aromatic N) is 1. The number of nitriles is 1. The van der Waals surface area contributed by atoms with Crippen molar-refractivity contribution in [2.45, 2.75) is 43.9 Å². The first-order valence-corrected chi connectivity index (χ1v) is 9.31. The van der Waals surface area contributed by atoms with Gasteiger partial charge in [0.05, 0.1) is 18.1 Å². The van der Waals surface area contributed by atoms with E-state index in [2.05, 4.69) is 11.4 Å². The zero-order valence-corrected chi connectivity index (χ0v) is 15.2. The summed E-state index contributed by atoms with van der Waals surface area (Å²) in [5, 5.41) is 11.6. The topological polar surface area (TPSA) is 62.1 Å². The Morgan fingerprint density at radius 1 is 1.19 bits per heavy atom. The van der Waals surface area contributed by atoms with Gasteiger partial charge in [0, 0.05) is 18.2 Å². The lowest BCUT2D eigenvalue weighted by molar-refractivity contribution is -0.121. The molecule has 0 spiro atoms. The van der Waals surface area contributed by atoms with Crippen LogP contribution >= 0.6 is 0 Å². The van der Waals surface area contributed by atoms with Crippen molar-refractivity contribution in [1.82, 2.24) is 0 Å². The molecular formula is C22H23FN2O2. The Morgan fingerprint density at radius 3 is 2.63 bits per heavy atom. The number of rotatable bonds is 7. The maximum atomic E-state index is 13.3. The number of hydrogen-bond donors (Lipinski definition) is 1. The van der Waals surface area contributed by atoms with Gasteiger partial charge in [-0.3, -0.25) is 4.79 Å². The van der Waals surface area contributed by atoms with Gasteiger partial charge in [0.1, 0.15) is 11.6 Å². The van der Waals surface area contributed by atoms with Crippen LogP contribution in [0, 0.1) is 17.1 Å². The number of unbranched alkanes of at least 4 members (excludes halogenated alkanes) is 1. The Morgan fingerprint density at radius 2 is 1.93 bits per heavy atom. The van der Waals surface area contributed by atoms with Gasteiger partial charge in [-0.1, -0.05) is 31.0 Å². The third-order valence-corrected chi connectivity index (χ3v) is 5.08. The number of ether oxygens (including phenoxy) is 1. The fourth-order valence-electron chi connectivity index (χ4n) is 3.65. The fourth-order valence-corrected chi connectivity index (χ4v) is 3.65. The molecule has 4 nitrogen and oxygen atoms in total. The number of halogens is 1. The zero-order valence-electron chi connectivity index (χ0n) is 15.2. The van der Waals surface area contributed by atoms with E-state index in [0.29, 0.717) is 30.9 Å². The van der Waals surface area contributed by atoms with Gasteiger partial charge < -0.3 is 10.1 Å². The molecule has 0 atom stereocenters. The Bertz CT molecular complexity index is 821. The van der Waals surface area contributed by atoms with E-state index in [9.17, 15) is 9.18 Å². The Hall–Kier alpha value is -2.87. The van der Waals surface area contributed by atoms with E-state index in [1.165, 1.54) is 12.1 Å². The smallest absolute Gasteiger partial charge is 0.235 e. The van der Waals surface area contributed by atoms with Gasteiger partial charge in [0.25, 0.3) is 0 Å². The Balaban J connectivity index is 1.73. The molecule has 0 unspecified atom stereocenters. The van der Waals surface area contributed by atoms with Gasteiger partial charge in [-0.15, -0.1) is 0 Å². The van der Waals surface area contributed by atoms with Crippen LogP contribution in [0.3, 0.4) is 0 Å². The summed E-state index contributed by atoms with van der Waals surface area (Å²) in [7, 11) is 0. The third-order valence-electron chi connectivity index (χ3n) is 5.08. The minimum absolute atomic E-state index is 0.0618. The third kappa shape index (κ3) is 4.46. The highest BCUT2D eigenvalue weighted by Gasteiger charge is 2.42. The van der Waals surface area contributed by atoms with E-state index in [1.807, 2.05) is 18.2 Å². The molecule has 1 N–H and O–H groups in total. The van der Waals surface area contributed by atoms with Crippen molar-refractivity contribution in [3.63, 3.8) is 0 Å². The number of carbonyl (C=O) groups is 1. The predicted octanol–water partition coefficient (Wildman–Crippen LogP) is 4.96. The second kappa shape index (κ2) is 8.68. The van der Waals surface area contributed by atoms with Crippen LogP contribution in [0.1, 0.15) is 44.1 Å². The van der Waals surface area contributed by atoms with Crippen molar-refractivity contribution >= 4 is 11.6 Å². The molecule has 1 amide bonds. The Kier molecular flexibility index (Phi) is 6.08. The Labute approximate surface area is 159 Å². The molecule has 0 aromatic heterocycles. The van der Waals surface area contributed by atoms with Gasteiger partial charge in [-0.25, -0.2) is 4.39 Å². The van der Waals surface area contributed by atoms with Gasteiger partial charge in [-0.2, -0.15) is 5.26 Å². The summed E-state index contributed by atoms with van der Waals surface area (Å²) in [6, 6.07) is 15.6. The summed E-state index contributed by atoms with van der Waals surface area (Å²) in [4.78, 5) is 13.2. The average molecular weight is 366 g/mol. The summed E-state index contributed by atoms with van der Waals surface area (Å²) in [6.45, 7) is 0.463. The van der Waals surface area contributed by atoms with Crippen LogP contribution in [0.4, 0.5) is 10.1 Å². The molecule has 140 valence electrons. The lowest BCUT2D eigenvalue weighted by atomic mass is 9.78. The molecule has 1 aliphatic rings. The molecule has 1 saturated carbocycles. The van der Waals surface area contributed by atoms with E-state index in [4.69, 9.17) is 10.00 Å². The van der Waals surface area contributed by atoms with Gasteiger partial charge in [0.2, 0.25) is 5.91 Å². The summed E-state index contributed by atoms with van der Waals surface area (Å²) in [5.74, 6) is 0.301. The van der Waals surface area contributed by atoms with Crippen molar-refractivity contribution in [2.75, 3.05) is 11.9 Å². The molecule has 0 saturated heterocycles. The quantitative estimate of drug-likeness (QED) is 0.705. The SMILES string of the molecule is N#CCCCOc1cccc(NC(=O)C2(c3ccc(F)cc3)CCCC2)c1. The van der Waals surface area contributed by atoms with Crippen LogP contribution < -0.4 is 10.1 Å². The van der Waals surface area contributed by atoms with Crippen molar-refractivity contribution in [3.05, 3.63) is 59.9 Å². The van der Waals surface area contributed by atoms with E-state index < -0.39 is 5.41 Å². The lowest BCUT2D eigenvalue weighted by Gasteiger charge is -2.28. The number of anilines is 1. The molecule has 2 aromatic rings. The fraction of sp³-hybridized carbons (Fsp3) is 0.364. The van der Waals surface area contributed by atoms with Crippen LogP contribution in [0.25, 0.3) is 0 Å². The van der Waals surface area contributed by atoms with Crippen LogP contribution in [0.2, 0.25) is 0 Å². The molecule has 0 heterocycles. The second-order valence-corrected chi connectivity index (χ2v) is 6.89. The van der Waals surface area contributed by atoms with Crippen LogP contribution in [0.15, 0.2) is 48.5 Å². The lowest BCUT2D eigenvalue weighted by Crippen LogP contribution is -2.38. The maximum Gasteiger partial charge on any atom is 0.235 e. The molecule has 0 radical (unpaired) electrons. The second-order valence-electron chi connectivity index (χ2n) is 6.89. The average Bonchev–Trinajstić information content (AvgIpc) is 3.17. The summed E-state index contributed by atoms with van der Waals surface area (Å²) >= 11 is 0. The highest BCUT2D eigenvalue weighted by Crippen LogP contribution is 2.42. The number of amides is 1. The normalized spacial score (nSPS) is 15.1. The molecule has 5 heteroatoms. The molecule has 3 rings (SSSR count). The van der Waals surface area contributed by atoms with Gasteiger partial charge in [-0.05, 0) is 49.1 Å². The van der Waals surface area contributed by atoms with E-state index in [0.717, 1.165) is 31.2 Å². The minimum Gasteiger partial charge on any atom is -0.493 e. The summed E-state index contributed by atoms with van der Waals surface area (Å²) in [5.41, 5.74) is 0.922. The number of benzene rings is 2. The maximum absolute atomic E-state index is 13.3. The molecule has 27 heavy (non-hydrogen) atoms. The first-order valence-electron chi connectivity index (χ1n) is 9.31. The van der Waals surface area contributed by atoms with Gasteiger partial charge in [0.15, 0.2) is 0 Å². The van der Waals surface area contributed by atoms with E-state index >= 15 is 0 Å². The predicted molar refractivity (Wildman–Crippen MR) is 102 cm³/mol. The molecule has 1 aliphatic carbocycles. The highest BCUT2D eigenvalue weighted by molar-refractivity contribution is 5.99. The molecule has 1 fully saturated rings. The zero-order chi connectivity index (χ0) is 19.1. The molecule has 0 aliphatic heterocycles. The molecule has 0 bridgehead atoms. The summed E-state index contributed by atoms with van der Waals surface area (Å²) < 4.78 is 18.9. The van der Waals surface area contributed by atoms with Crippen LogP contribution in [-0.4, -0.2) is 12.5 Å². The van der Waals surface area contributed by atoms with Crippen molar-refractivity contribution in [1.29, 1.82) is 5.26 Å². The van der Waals surface area contributed by atoms with Crippen molar-refractivity contribution in [3.8, 4) is 11.8 Å². The van der Waals surface area contributed by atoms with Crippen molar-refractivity contribution < 1.29 is 13.9 Å². The van der Waals surface area contributed by atoms with Crippen LogP contribution in [0.5, 0.6) is 5.75 Å². The number of carbonyl (C=O) groups excluding carboxylic acids is 1. The number of hydrogen-bond acceptors (Lipinski definition) is 3. The van der Waals surface area contributed by atoms with Gasteiger partial charge >= 0.3 is 0 Å². The largest absolute Gasteiger partial charge is 0.493 e. The first-order chi connectivity index (χ1) is 13.1. The molecule has 2 aromatic carbocycles. The van der Waals surface area contributed by atoms with E-state index in [-0.39, 0.29) is 11.7 Å². The first kappa shape index (κ1) is 18.9. The standard InChI is InChI=1S/C22H23FN2O2/c23-18-10-8-17(9-11-18)22(12-1-2-13-22)21(26)25-19-6-5-7-20(16-19)27-15-4-3-14-24/h5-11,16H,1-4,12-13,15H2,(H,25,26). The minimum atomic E-state index is -0.614. The van der Waals surface area contributed by atoms with E-state index in [1.54, 1.807) is 18.2 Å². The highest BCUT2D eigenvalue weighted by atomic mass is 19.1. The monoisotopic (exact) mass is 366 g/mol. The van der Waals surface area contributed by atoms with Crippen LogP contribution in [-0.2, 0) is 10.2 Å². The number of nitrogens with one attached hydrogen (secondary N) is 1. The molecular weight excluding hydrogens is 343 g/mol. The van der Waals surface area contributed by atoms with Crippen molar-refractivity contribution in [2.24, 2.45) is 0 Å².